The van der Waals surface area contributed by atoms with Gasteiger partial charge in [-0.1, -0.05) is 11.6 Å². The Kier molecular flexibility index (Phi) is 5.09. The molecule has 18 heavy (non-hydrogen) atoms. The van der Waals surface area contributed by atoms with Gasteiger partial charge in [0.2, 0.25) is 0 Å². The van der Waals surface area contributed by atoms with Crippen LogP contribution in [0.25, 0.3) is 0 Å². The highest BCUT2D eigenvalue weighted by molar-refractivity contribution is 6.31. The van der Waals surface area contributed by atoms with E-state index in [1.807, 2.05) is 0 Å². The average molecular weight is 274 g/mol. The summed E-state index contributed by atoms with van der Waals surface area (Å²) in [5.74, 6) is -0.768. The first-order chi connectivity index (χ1) is 8.40. The largest absolute Gasteiger partial charge is 0.447 e. The number of halogens is 2. The molecule has 0 saturated carbocycles. The number of primary amides is 1. The number of rotatable bonds is 5. The molecule has 1 atom stereocenters. The van der Waals surface area contributed by atoms with Crippen molar-refractivity contribution in [1.29, 1.82) is 0 Å². The van der Waals surface area contributed by atoms with Gasteiger partial charge in [-0.2, -0.15) is 0 Å². The van der Waals surface area contributed by atoms with Crippen molar-refractivity contribution in [1.82, 2.24) is 0 Å². The van der Waals surface area contributed by atoms with Gasteiger partial charge in [-0.15, -0.1) is 0 Å². The summed E-state index contributed by atoms with van der Waals surface area (Å²) < 4.78 is 17.6. The highest BCUT2D eigenvalue weighted by atomic mass is 35.5. The normalized spacial score (nSPS) is 11.9. The molecule has 4 nitrogen and oxygen atoms in total. The van der Waals surface area contributed by atoms with Crippen LogP contribution in [0.3, 0.4) is 0 Å². The maximum atomic E-state index is 12.9. The average Bonchev–Trinajstić information content (AvgIpc) is 2.28. The fraction of sp³-hybridized carbons (Fsp3) is 0.333. The van der Waals surface area contributed by atoms with Crippen molar-refractivity contribution >= 4 is 23.5 Å². The van der Waals surface area contributed by atoms with Crippen molar-refractivity contribution < 1.29 is 18.7 Å². The number of amides is 1. The summed E-state index contributed by atoms with van der Waals surface area (Å²) in [5, 5.41) is -0.0951. The Bertz CT molecular complexity index is 465. The number of carbonyl (C=O) groups is 2. The first kappa shape index (κ1) is 14.4. The molecule has 1 amide bonds. The maximum absolute atomic E-state index is 12.9. The van der Waals surface area contributed by atoms with Gasteiger partial charge in [0, 0.05) is 12.0 Å². The number of carbonyl (C=O) groups excluding carboxylic acids is 2. The molecule has 1 aromatic rings. The summed E-state index contributed by atoms with van der Waals surface area (Å²) in [6.07, 6.45) is -0.810. The molecule has 0 fully saturated rings. The van der Waals surface area contributed by atoms with Crippen LogP contribution >= 0.6 is 11.6 Å². The fourth-order valence-corrected chi connectivity index (χ4v) is 1.59. The number of hydrogen-bond donors (Lipinski definition) is 1. The lowest BCUT2D eigenvalue weighted by Gasteiger charge is -2.10. The smallest absolute Gasteiger partial charge is 0.404 e. The Hall–Kier alpha value is -1.62. The lowest BCUT2D eigenvalue weighted by atomic mass is 10.0. The predicted molar refractivity (Wildman–Crippen MR) is 65.1 cm³/mol. The third kappa shape index (κ3) is 4.33. The summed E-state index contributed by atoms with van der Waals surface area (Å²) in [6.45, 7) is 1.63. The van der Waals surface area contributed by atoms with Crippen molar-refractivity contribution in [3.8, 4) is 0 Å². The van der Waals surface area contributed by atoms with Gasteiger partial charge < -0.3 is 10.5 Å². The second-order valence-corrected chi connectivity index (χ2v) is 4.25. The molecule has 0 heterocycles. The molecule has 0 bridgehead atoms. The number of hydrogen-bond acceptors (Lipinski definition) is 3. The Morgan fingerprint density at radius 2 is 2.17 bits per heavy atom. The molecule has 6 heteroatoms. The summed E-state index contributed by atoms with van der Waals surface area (Å²) in [5.41, 5.74) is 5.17. The van der Waals surface area contributed by atoms with E-state index in [2.05, 4.69) is 4.74 Å². The van der Waals surface area contributed by atoms with Crippen molar-refractivity contribution in [3.05, 3.63) is 34.6 Å². The third-order valence-corrected chi connectivity index (χ3v) is 2.63. The van der Waals surface area contributed by atoms with Crippen LogP contribution < -0.4 is 5.73 Å². The molecule has 1 rings (SSSR count). The summed E-state index contributed by atoms with van der Waals surface area (Å²) in [7, 11) is 0. The van der Waals surface area contributed by atoms with Crippen LogP contribution in [0.15, 0.2) is 18.2 Å². The summed E-state index contributed by atoms with van der Waals surface area (Å²) >= 11 is 5.58. The highest BCUT2D eigenvalue weighted by Gasteiger charge is 2.12. The second kappa shape index (κ2) is 6.35. The standard InChI is InChI=1S/C12H13ClFNO3/c1-7(18-12(15)17)2-5-11(16)8-3-4-10(14)9(13)6-8/h3-4,6-7H,2,5H2,1H3,(H2,15,17). The van der Waals surface area contributed by atoms with E-state index in [0.717, 1.165) is 6.07 Å². The third-order valence-electron chi connectivity index (χ3n) is 2.34. The molecule has 0 aliphatic carbocycles. The van der Waals surface area contributed by atoms with Crippen LogP contribution in [0.5, 0.6) is 0 Å². The fourth-order valence-electron chi connectivity index (χ4n) is 1.41. The lowest BCUT2D eigenvalue weighted by Crippen LogP contribution is -2.21. The number of Topliss-reactive ketones (excluding diaryl/α,β-unsaturated/α-hetero) is 1. The van der Waals surface area contributed by atoms with E-state index in [9.17, 15) is 14.0 Å². The Labute approximate surface area is 109 Å². The molecular weight excluding hydrogens is 261 g/mol. The van der Waals surface area contributed by atoms with Gasteiger partial charge in [-0.25, -0.2) is 9.18 Å². The van der Waals surface area contributed by atoms with E-state index < -0.39 is 18.0 Å². The maximum Gasteiger partial charge on any atom is 0.404 e. The minimum absolute atomic E-state index is 0.0951. The number of nitrogens with two attached hydrogens (primary N) is 1. The molecule has 0 saturated heterocycles. The molecule has 0 aliphatic heterocycles. The predicted octanol–water partition coefficient (Wildman–Crippen LogP) is 2.93. The SMILES string of the molecule is CC(CCC(=O)c1ccc(F)c(Cl)c1)OC(N)=O. The topological polar surface area (TPSA) is 69.4 Å². The van der Waals surface area contributed by atoms with E-state index in [1.54, 1.807) is 6.92 Å². The van der Waals surface area contributed by atoms with Crippen molar-refractivity contribution in [2.45, 2.75) is 25.9 Å². The second-order valence-electron chi connectivity index (χ2n) is 3.84. The van der Waals surface area contributed by atoms with Crippen LogP contribution in [0.4, 0.5) is 9.18 Å². The highest BCUT2D eigenvalue weighted by Crippen LogP contribution is 2.18. The van der Waals surface area contributed by atoms with Crippen LogP contribution in [-0.4, -0.2) is 18.0 Å². The van der Waals surface area contributed by atoms with E-state index in [-0.39, 0.29) is 17.2 Å². The van der Waals surface area contributed by atoms with Gasteiger partial charge in [0.25, 0.3) is 0 Å². The zero-order valence-electron chi connectivity index (χ0n) is 9.78. The molecule has 0 aliphatic rings. The first-order valence-electron chi connectivity index (χ1n) is 5.34. The van der Waals surface area contributed by atoms with Crippen LogP contribution in [-0.2, 0) is 4.74 Å². The summed E-state index contributed by atoms with van der Waals surface area (Å²) in [6, 6.07) is 3.78. The zero-order valence-corrected chi connectivity index (χ0v) is 10.5. The molecule has 0 aromatic heterocycles. The molecule has 98 valence electrons. The van der Waals surface area contributed by atoms with E-state index in [0.29, 0.717) is 12.0 Å². The molecule has 2 N–H and O–H groups in total. The van der Waals surface area contributed by atoms with Crippen LogP contribution in [0.1, 0.15) is 30.1 Å². The van der Waals surface area contributed by atoms with Crippen LogP contribution in [0, 0.1) is 5.82 Å². The molecule has 0 radical (unpaired) electrons. The minimum Gasteiger partial charge on any atom is -0.447 e. The van der Waals surface area contributed by atoms with Gasteiger partial charge in [-0.05, 0) is 31.5 Å². The van der Waals surface area contributed by atoms with Crippen LogP contribution in [0.2, 0.25) is 5.02 Å². The minimum atomic E-state index is -0.875. The van der Waals surface area contributed by atoms with Gasteiger partial charge in [0.05, 0.1) is 5.02 Å². The lowest BCUT2D eigenvalue weighted by molar-refractivity contribution is 0.0898. The number of ketones is 1. The molecule has 1 unspecified atom stereocenters. The van der Waals surface area contributed by atoms with E-state index >= 15 is 0 Å². The van der Waals surface area contributed by atoms with Gasteiger partial charge in [0.15, 0.2) is 5.78 Å². The number of ether oxygens (including phenoxy) is 1. The van der Waals surface area contributed by atoms with Crippen molar-refractivity contribution in [2.24, 2.45) is 5.73 Å². The molecular formula is C12H13ClFNO3. The molecule has 1 aromatic carbocycles. The monoisotopic (exact) mass is 273 g/mol. The Morgan fingerprint density at radius 3 is 2.72 bits per heavy atom. The van der Waals surface area contributed by atoms with Gasteiger partial charge >= 0.3 is 6.09 Å². The van der Waals surface area contributed by atoms with Crippen molar-refractivity contribution in [3.63, 3.8) is 0 Å². The Morgan fingerprint density at radius 1 is 1.50 bits per heavy atom. The molecule has 0 spiro atoms. The van der Waals surface area contributed by atoms with Gasteiger partial charge in [0.1, 0.15) is 11.9 Å². The first-order valence-corrected chi connectivity index (χ1v) is 5.72. The number of benzene rings is 1. The van der Waals surface area contributed by atoms with Crippen molar-refractivity contribution in [2.75, 3.05) is 0 Å². The van der Waals surface area contributed by atoms with Gasteiger partial charge in [-0.3, -0.25) is 4.79 Å². The zero-order chi connectivity index (χ0) is 13.7. The quantitative estimate of drug-likeness (QED) is 0.839. The summed E-state index contributed by atoms with van der Waals surface area (Å²) in [4.78, 5) is 22.2. The van der Waals surface area contributed by atoms with E-state index in [1.165, 1.54) is 12.1 Å². The van der Waals surface area contributed by atoms with E-state index in [4.69, 9.17) is 17.3 Å². The Balaban J connectivity index is 2.55.